The van der Waals surface area contributed by atoms with Gasteiger partial charge in [-0.15, -0.1) is 0 Å². The molecule has 1 amide bonds. The van der Waals surface area contributed by atoms with Crippen LogP contribution < -0.4 is 5.32 Å². The second-order valence-corrected chi connectivity index (χ2v) is 7.58. The molecule has 5 heteroatoms. The number of benzene rings is 2. The summed E-state index contributed by atoms with van der Waals surface area (Å²) < 4.78 is 5.74. The predicted octanol–water partition coefficient (Wildman–Crippen LogP) is 4.84. The highest BCUT2D eigenvalue weighted by Gasteiger charge is 2.18. The molecule has 2 aromatic carbocycles. The van der Waals surface area contributed by atoms with Gasteiger partial charge in [-0.1, -0.05) is 48.5 Å². The molecule has 2 aromatic heterocycles. The maximum absolute atomic E-state index is 13.2. The van der Waals surface area contributed by atoms with Gasteiger partial charge in [-0.25, -0.2) is 4.98 Å². The van der Waals surface area contributed by atoms with Gasteiger partial charge >= 0.3 is 0 Å². The van der Waals surface area contributed by atoms with Gasteiger partial charge in [0.05, 0.1) is 17.1 Å². The maximum atomic E-state index is 13.2. The Hall–Kier alpha value is -3.44. The molecule has 30 heavy (non-hydrogen) atoms. The van der Waals surface area contributed by atoms with Crippen LogP contribution in [0.3, 0.4) is 0 Å². The summed E-state index contributed by atoms with van der Waals surface area (Å²) in [6.45, 7) is 2.39. The quantitative estimate of drug-likeness (QED) is 0.504. The number of rotatable bonds is 6. The number of aryl methyl sites for hydroxylation is 1. The minimum Gasteiger partial charge on any atom is -0.460 e. The van der Waals surface area contributed by atoms with Crippen LogP contribution in [-0.2, 0) is 0 Å². The van der Waals surface area contributed by atoms with Crippen LogP contribution in [0.4, 0.5) is 0 Å². The van der Waals surface area contributed by atoms with Gasteiger partial charge in [-0.3, -0.25) is 4.79 Å². The van der Waals surface area contributed by atoms with Gasteiger partial charge in [0.1, 0.15) is 11.5 Å². The number of carbonyl (C=O) groups excluding carboxylic acids is 1. The van der Waals surface area contributed by atoms with Crippen molar-refractivity contribution >= 4 is 16.8 Å². The van der Waals surface area contributed by atoms with E-state index in [2.05, 4.69) is 22.3 Å². The first-order chi connectivity index (χ1) is 14.5. The first-order valence-electron chi connectivity index (χ1n) is 9.99. The Bertz CT molecular complexity index is 1170. The molecule has 0 unspecified atom stereocenters. The normalized spacial score (nSPS) is 12.3. The Morgan fingerprint density at radius 1 is 1.03 bits per heavy atom. The zero-order valence-corrected chi connectivity index (χ0v) is 17.4. The molecule has 0 saturated heterocycles. The fourth-order valence-electron chi connectivity index (χ4n) is 3.62. The molecule has 0 aliphatic rings. The zero-order valence-electron chi connectivity index (χ0n) is 17.4. The summed E-state index contributed by atoms with van der Waals surface area (Å²) in [6.07, 6.45) is 0. The lowest BCUT2D eigenvalue weighted by atomic mass is 10.0. The summed E-state index contributed by atoms with van der Waals surface area (Å²) in [5.74, 6) is 1.34. The van der Waals surface area contributed by atoms with Crippen LogP contribution in [0.1, 0.15) is 27.7 Å². The van der Waals surface area contributed by atoms with Crippen molar-refractivity contribution in [3.8, 4) is 11.5 Å². The fraction of sp³-hybridized carbons (Fsp3) is 0.200. The SMILES string of the molecule is Cc1ccc(-c2cc(C(=O)NC[C@@H](c3ccccc3)N(C)C)c3ccccc3n2)o1. The molecule has 0 aliphatic carbocycles. The van der Waals surface area contributed by atoms with E-state index < -0.39 is 0 Å². The number of nitrogens with zero attached hydrogens (tertiary/aromatic N) is 2. The fourth-order valence-corrected chi connectivity index (χ4v) is 3.62. The Morgan fingerprint density at radius 3 is 2.47 bits per heavy atom. The van der Waals surface area contributed by atoms with E-state index in [9.17, 15) is 4.79 Å². The molecule has 0 fully saturated rings. The van der Waals surface area contributed by atoms with Gasteiger partial charge in [-0.2, -0.15) is 0 Å². The highest BCUT2D eigenvalue weighted by Crippen LogP contribution is 2.26. The summed E-state index contributed by atoms with van der Waals surface area (Å²) in [7, 11) is 4.03. The molecule has 4 rings (SSSR count). The third-order valence-electron chi connectivity index (χ3n) is 5.22. The van der Waals surface area contributed by atoms with Crippen molar-refractivity contribution in [3.63, 3.8) is 0 Å². The number of carbonyl (C=O) groups is 1. The summed E-state index contributed by atoms with van der Waals surface area (Å²) in [5, 5.41) is 3.94. The van der Waals surface area contributed by atoms with Crippen LogP contribution in [-0.4, -0.2) is 36.4 Å². The minimum absolute atomic E-state index is 0.0791. The van der Waals surface area contributed by atoms with Crippen LogP contribution in [0.15, 0.2) is 77.2 Å². The molecular formula is C25H25N3O2. The summed E-state index contributed by atoms with van der Waals surface area (Å²) in [6, 6.07) is 23.5. The van der Waals surface area contributed by atoms with Crippen molar-refractivity contribution in [2.24, 2.45) is 0 Å². The first-order valence-corrected chi connectivity index (χ1v) is 9.99. The average molecular weight is 399 g/mol. The number of amides is 1. The molecule has 152 valence electrons. The Kier molecular flexibility index (Phi) is 5.63. The molecule has 1 atom stereocenters. The number of nitrogens with one attached hydrogen (secondary N) is 1. The standard InChI is InChI=1S/C25H25N3O2/c1-17-13-14-24(30-17)22-15-20(19-11-7-8-12-21(19)27-22)25(29)26-16-23(28(2)3)18-9-5-4-6-10-18/h4-15,23H,16H2,1-3H3,(H,26,29)/t23-/m0/s1. The van der Waals surface area contributed by atoms with Gasteiger partial charge in [0.15, 0.2) is 5.76 Å². The Labute approximate surface area is 176 Å². The highest BCUT2D eigenvalue weighted by atomic mass is 16.3. The van der Waals surface area contributed by atoms with Gasteiger partial charge < -0.3 is 14.6 Å². The van der Waals surface area contributed by atoms with Crippen LogP contribution >= 0.6 is 0 Å². The lowest BCUT2D eigenvalue weighted by Gasteiger charge is -2.25. The van der Waals surface area contributed by atoms with E-state index in [0.29, 0.717) is 23.6 Å². The number of hydrogen-bond acceptors (Lipinski definition) is 4. The molecule has 1 N–H and O–H groups in total. The molecule has 0 bridgehead atoms. The van der Waals surface area contributed by atoms with Gasteiger partial charge in [0, 0.05) is 11.9 Å². The largest absolute Gasteiger partial charge is 0.460 e. The van der Waals surface area contributed by atoms with Crippen molar-refractivity contribution in [2.75, 3.05) is 20.6 Å². The van der Waals surface area contributed by atoms with Crippen LogP contribution in [0.2, 0.25) is 0 Å². The minimum atomic E-state index is -0.124. The maximum Gasteiger partial charge on any atom is 0.252 e. The zero-order chi connectivity index (χ0) is 21.1. The lowest BCUT2D eigenvalue weighted by molar-refractivity contribution is 0.0943. The van der Waals surface area contributed by atoms with Crippen LogP contribution in [0.25, 0.3) is 22.4 Å². The van der Waals surface area contributed by atoms with E-state index in [1.54, 1.807) is 0 Å². The van der Waals surface area contributed by atoms with E-state index in [1.807, 2.05) is 81.7 Å². The number of aromatic nitrogens is 1. The molecular weight excluding hydrogens is 374 g/mol. The third-order valence-corrected chi connectivity index (χ3v) is 5.22. The third kappa shape index (κ3) is 4.11. The Balaban J connectivity index is 1.65. The van der Waals surface area contributed by atoms with Crippen molar-refractivity contribution < 1.29 is 9.21 Å². The van der Waals surface area contributed by atoms with Crippen molar-refractivity contribution in [1.82, 2.24) is 15.2 Å². The molecule has 0 saturated carbocycles. The average Bonchev–Trinajstić information content (AvgIpc) is 3.20. The topological polar surface area (TPSA) is 58.4 Å². The highest BCUT2D eigenvalue weighted by molar-refractivity contribution is 6.07. The molecule has 4 aromatic rings. The predicted molar refractivity (Wildman–Crippen MR) is 119 cm³/mol. The number of hydrogen-bond donors (Lipinski definition) is 1. The van der Waals surface area contributed by atoms with Gasteiger partial charge in [0.2, 0.25) is 0 Å². The van der Waals surface area contributed by atoms with E-state index in [0.717, 1.165) is 22.2 Å². The van der Waals surface area contributed by atoms with Gasteiger partial charge in [-0.05, 0) is 50.8 Å². The molecule has 0 spiro atoms. The molecule has 2 heterocycles. The first kappa shape index (κ1) is 19.9. The smallest absolute Gasteiger partial charge is 0.252 e. The van der Waals surface area contributed by atoms with E-state index in [4.69, 9.17) is 9.40 Å². The Morgan fingerprint density at radius 2 is 1.77 bits per heavy atom. The second-order valence-electron chi connectivity index (χ2n) is 7.58. The van der Waals surface area contributed by atoms with Crippen LogP contribution in [0, 0.1) is 6.92 Å². The second kappa shape index (κ2) is 8.51. The van der Waals surface area contributed by atoms with E-state index >= 15 is 0 Å². The summed E-state index contributed by atoms with van der Waals surface area (Å²) in [4.78, 5) is 20.0. The van der Waals surface area contributed by atoms with Crippen molar-refractivity contribution in [2.45, 2.75) is 13.0 Å². The molecule has 0 aliphatic heterocycles. The summed E-state index contributed by atoms with van der Waals surface area (Å²) in [5.41, 5.74) is 3.17. The number of fused-ring (bicyclic) bond motifs is 1. The van der Waals surface area contributed by atoms with Gasteiger partial charge in [0.25, 0.3) is 5.91 Å². The van der Waals surface area contributed by atoms with E-state index in [-0.39, 0.29) is 11.9 Å². The summed E-state index contributed by atoms with van der Waals surface area (Å²) >= 11 is 0. The van der Waals surface area contributed by atoms with Crippen LogP contribution in [0.5, 0.6) is 0 Å². The molecule has 5 nitrogen and oxygen atoms in total. The lowest BCUT2D eigenvalue weighted by Crippen LogP contribution is -2.34. The number of pyridine rings is 1. The monoisotopic (exact) mass is 399 g/mol. The van der Waals surface area contributed by atoms with Crippen molar-refractivity contribution in [1.29, 1.82) is 0 Å². The number of likely N-dealkylation sites (N-methyl/N-ethyl adjacent to an activating group) is 1. The molecule has 0 radical (unpaired) electrons. The van der Waals surface area contributed by atoms with Crippen molar-refractivity contribution in [3.05, 3.63) is 89.7 Å². The number of para-hydroxylation sites is 1. The number of furan rings is 1. The van der Waals surface area contributed by atoms with E-state index in [1.165, 1.54) is 0 Å².